The van der Waals surface area contributed by atoms with Gasteiger partial charge in [0, 0.05) is 11.8 Å². The fraction of sp³-hybridized carbons (Fsp3) is 0.0833. The van der Waals surface area contributed by atoms with Crippen LogP contribution in [-0.2, 0) is 0 Å². The van der Waals surface area contributed by atoms with Crippen molar-refractivity contribution in [1.29, 1.82) is 0 Å². The Kier molecular flexibility index (Phi) is 3.94. The van der Waals surface area contributed by atoms with Crippen LogP contribution in [0.25, 0.3) is 0 Å². The minimum atomic E-state index is -0.336. The van der Waals surface area contributed by atoms with Crippen molar-refractivity contribution in [1.82, 2.24) is 9.97 Å². The summed E-state index contributed by atoms with van der Waals surface area (Å²) in [5, 5.41) is 2.84. The van der Waals surface area contributed by atoms with Crippen LogP contribution in [0.3, 0.4) is 0 Å². The average molecular weight is 278 g/mol. The van der Waals surface area contributed by atoms with Gasteiger partial charge >= 0.3 is 0 Å². The Hall–Kier alpha value is -2.18. The van der Waals surface area contributed by atoms with Crippen LogP contribution in [0.5, 0.6) is 0 Å². The highest BCUT2D eigenvalue weighted by atomic mass is 35.5. The average Bonchev–Trinajstić information content (AvgIpc) is 2.40. The van der Waals surface area contributed by atoms with E-state index in [-0.39, 0.29) is 11.1 Å². The predicted octanol–water partition coefficient (Wildman–Crippen LogP) is 1.98. The number of aryl methyl sites for hydroxylation is 1. The van der Waals surface area contributed by atoms with Crippen molar-refractivity contribution < 1.29 is 4.79 Å². The zero-order chi connectivity index (χ0) is 13.8. The molecule has 2 rings (SSSR count). The number of hydrogen-bond donors (Lipinski definition) is 3. The first-order valence-electron chi connectivity index (χ1n) is 5.46. The molecule has 0 aliphatic carbocycles. The summed E-state index contributed by atoms with van der Waals surface area (Å²) in [5.41, 5.74) is 3.70. The molecule has 19 heavy (non-hydrogen) atoms. The molecule has 0 aliphatic heterocycles. The van der Waals surface area contributed by atoms with Crippen molar-refractivity contribution in [2.45, 2.75) is 6.92 Å². The van der Waals surface area contributed by atoms with Crippen LogP contribution in [0.4, 0.5) is 11.6 Å². The molecule has 7 heteroatoms. The minimum Gasteiger partial charge on any atom is -0.308 e. The first-order chi connectivity index (χ1) is 9.08. The summed E-state index contributed by atoms with van der Waals surface area (Å²) in [7, 11) is 0. The highest BCUT2D eigenvalue weighted by molar-refractivity contribution is 6.30. The molecule has 0 atom stereocenters. The summed E-state index contributed by atoms with van der Waals surface area (Å²) in [6, 6.07) is 6.52. The van der Waals surface area contributed by atoms with Gasteiger partial charge in [-0.3, -0.25) is 4.79 Å². The number of amides is 1. The first kappa shape index (κ1) is 13.3. The van der Waals surface area contributed by atoms with E-state index in [1.165, 1.54) is 12.1 Å². The maximum atomic E-state index is 12.0. The van der Waals surface area contributed by atoms with Crippen LogP contribution < -0.4 is 16.6 Å². The molecule has 0 aromatic carbocycles. The molecular formula is C12H12ClN5O. The monoisotopic (exact) mass is 277 g/mol. The first-order valence-corrected chi connectivity index (χ1v) is 5.84. The minimum absolute atomic E-state index is 0.178. The lowest BCUT2D eigenvalue weighted by atomic mass is 10.2. The summed E-state index contributed by atoms with van der Waals surface area (Å²) in [6.07, 6.45) is 1.67. The van der Waals surface area contributed by atoms with Crippen LogP contribution in [0.15, 0.2) is 30.5 Å². The van der Waals surface area contributed by atoms with Gasteiger partial charge in [-0.1, -0.05) is 17.7 Å². The number of nitrogens with two attached hydrogens (primary N) is 1. The Bertz CT molecular complexity index is 600. The van der Waals surface area contributed by atoms with E-state index >= 15 is 0 Å². The molecule has 0 radical (unpaired) electrons. The van der Waals surface area contributed by atoms with Gasteiger partial charge in [0.15, 0.2) is 0 Å². The molecule has 2 aromatic rings. The van der Waals surface area contributed by atoms with Crippen molar-refractivity contribution in [3.8, 4) is 0 Å². The quantitative estimate of drug-likeness (QED) is 0.453. The number of carbonyl (C=O) groups excluding carboxylic acids is 1. The van der Waals surface area contributed by atoms with E-state index < -0.39 is 0 Å². The molecule has 0 aliphatic rings. The fourth-order valence-electron chi connectivity index (χ4n) is 1.43. The van der Waals surface area contributed by atoms with E-state index in [0.717, 1.165) is 5.56 Å². The summed E-state index contributed by atoms with van der Waals surface area (Å²) < 4.78 is 0. The zero-order valence-electron chi connectivity index (χ0n) is 10.1. The molecule has 0 fully saturated rings. The molecule has 6 nitrogen and oxygen atoms in total. The third kappa shape index (κ3) is 3.40. The standard InChI is InChI=1S/C12H12ClN5O/c1-7-2-3-10(15-6-7)17-12(19)8-4-9(13)16-11(5-8)18-14/h2-6H,14H2,1H3,(H,16,18)(H,15,17,19). The molecule has 2 aromatic heterocycles. The second kappa shape index (κ2) is 5.64. The molecular weight excluding hydrogens is 266 g/mol. The number of halogens is 1. The largest absolute Gasteiger partial charge is 0.308 e. The van der Waals surface area contributed by atoms with Crippen molar-refractivity contribution in [3.63, 3.8) is 0 Å². The number of nitrogens with zero attached hydrogens (tertiary/aromatic N) is 2. The van der Waals surface area contributed by atoms with Gasteiger partial charge in [0.05, 0.1) is 0 Å². The van der Waals surface area contributed by atoms with E-state index in [2.05, 4.69) is 20.7 Å². The molecule has 0 bridgehead atoms. The van der Waals surface area contributed by atoms with E-state index in [9.17, 15) is 4.79 Å². The van der Waals surface area contributed by atoms with Crippen LogP contribution >= 0.6 is 11.6 Å². The summed E-state index contributed by atoms with van der Waals surface area (Å²) >= 11 is 5.79. The zero-order valence-corrected chi connectivity index (χ0v) is 10.9. The number of pyridine rings is 2. The van der Waals surface area contributed by atoms with Crippen molar-refractivity contribution in [2.75, 3.05) is 10.7 Å². The van der Waals surface area contributed by atoms with Gasteiger partial charge in [-0.2, -0.15) is 0 Å². The lowest BCUT2D eigenvalue weighted by molar-refractivity contribution is 0.102. The second-order valence-corrected chi connectivity index (χ2v) is 4.27. The topological polar surface area (TPSA) is 92.9 Å². The third-order valence-corrected chi connectivity index (χ3v) is 2.55. The third-order valence-electron chi connectivity index (χ3n) is 2.36. The molecule has 4 N–H and O–H groups in total. The molecule has 0 spiro atoms. The number of hydrogen-bond acceptors (Lipinski definition) is 5. The van der Waals surface area contributed by atoms with Gasteiger partial charge in [0.1, 0.15) is 16.8 Å². The van der Waals surface area contributed by atoms with E-state index in [1.807, 2.05) is 13.0 Å². The maximum absolute atomic E-state index is 12.0. The Balaban J connectivity index is 2.20. The number of nitrogen functional groups attached to an aromatic ring is 1. The molecule has 2 heterocycles. The van der Waals surface area contributed by atoms with Gasteiger partial charge in [-0.05, 0) is 30.7 Å². The molecule has 1 amide bonds. The second-order valence-electron chi connectivity index (χ2n) is 3.88. The summed E-state index contributed by atoms with van der Waals surface area (Å²) in [5.74, 6) is 5.68. The van der Waals surface area contributed by atoms with Crippen molar-refractivity contribution >= 4 is 29.1 Å². The Morgan fingerprint density at radius 1 is 1.32 bits per heavy atom. The van der Waals surface area contributed by atoms with Gasteiger partial charge in [0.2, 0.25) is 0 Å². The Morgan fingerprint density at radius 2 is 2.11 bits per heavy atom. The van der Waals surface area contributed by atoms with E-state index in [4.69, 9.17) is 17.4 Å². The van der Waals surface area contributed by atoms with Crippen LogP contribution in [0.2, 0.25) is 5.15 Å². The maximum Gasteiger partial charge on any atom is 0.257 e. The number of hydrazine groups is 1. The number of aromatic nitrogens is 2. The number of rotatable bonds is 3. The highest BCUT2D eigenvalue weighted by Gasteiger charge is 2.09. The molecule has 0 unspecified atom stereocenters. The molecule has 98 valence electrons. The van der Waals surface area contributed by atoms with E-state index in [1.54, 1.807) is 12.3 Å². The van der Waals surface area contributed by atoms with Crippen LogP contribution in [0, 0.1) is 6.92 Å². The Labute approximate surface area is 115 Å². The summed E-state index contributed by atoms with van der Waals surface area (Å²) in [6.45, 7) is 1.92. The molecule has 0 saturated carbocycles. The SMILES string of the molecule is Cc1ccc(NC(=O)c2cc(Cl)nc(NN)c2)nc1. The molecule has 0 saturated heterocycles. The van der Waals surface area contributed by atoms with Crippen molar-refractivity contribution in [3.05, 3.63) is 46.7 Å². The van der Waals surface area contributed by atoms with E-state index in [0.29, 0.717) is 17.2 Å². The predicted molar refractivity (Wildman–Crippen MR) is 74.0 cm³/mol. The summed E-state index contributed by atoms with van der Waals surface area (Å²) in [4.78, 5) is 20.0. The van der Waals surface area contributed by atoms with Gasteiger partial charge < -0.3 is 10.7 Å². The fourth-order valence-corrected chi connectivity index (χ4v) is 1.64. The highest BCUT2D eigenvalue weighted by Crippen LogP contribution is 2.15. The number of carbonyl (C=O) groups is 1. The number of anilines is 2. The smallest absolute Gasteiger partial charge is 0.257 e. The van der Waals surface area contributed by atoms with Crippen molar-refractivity contribution in [2.24, 2.45) is 5.84 Å². The Morgan fingerprint density at radius 3 is 2.74 bits per heavy atom. The lowest BCUT2D eigenvalue weighted by Gasteiger charge is -2.06. The van der Waals surface area contributed by atoms with Gasteiger partial charge in [-0.25, -0.2) is 15.8 Å². The van der Waals surface area contributed by atoms with Crippen LogP contribution in [0.1, 0.15) is 15.9 Å². The normalized spacial score (nSPS) is 10.1. The number of nitrogens with one attached hydrogen (secondary N) is 2. The lowest BCUT2D eigenvalue weighted by Crippen LogP contribution is -2.15. The van der Waals surface area contributed by atoms with Gasteiger partial charge in [0.25, 0.3) is 5.91 Å². The van der Waals surface area contributed by atoms with Crippen LogP contribution in [-0.4, -0.2) is 15.9 Å². The van der Waals surface area contributed by atoms with Gasteiger partial charge in [-0.15, -0.1) is 0 Å².